The first-order valence-corrected chi connectivity index (χ1v) is 1.23. The van der Waals surface area contributed by atoms with Gasteiger partial charge in [-0.15, -0.1) is 0 Å². The molecule has 34 valence electrons. The second-order valence-corrected chi connectivity index (χ2v) is 0.183. The van der Waals surface area contributed by atoms with Gasteiger partial charge in [0.1, 0.15) is 0 Å². The second-order valence-electron chi connectivity index (χ2n) is 0.183. The topological polar surface area (TPSA) is 66.5 Å². The largest absolute Gasteiger partial charge is 0.382 e. The summed E-state index contributed by atoms with van der Waals surface area (Å²) in [4.78, 5) is 0. The van der Waals surface area contributed by atoms with E-state index in [1.807, 2.05) is 0 Å². The van der Waals surface area contributed by atoms with E-state index in [0.29, 0.717) is 0 Å². The molecule has 0 aliphatic rings. The van der Waals surface area contributed by atoms with E-state index in [1.54, 1.807) is 0 Å². The molecule has 0 saturated heterocycles. The van der Waals surface area contributed by atoms with Gasteiger partial charge in [-0.05, 0) is 0 Å². The first-order chi connectivity index (χ1) is 2.41. The van der Waals surface area contributed by atoms with Crippen molar-refractivity contribution >= 4 is 11.9 Å². The normalized spacial score (nSPS) is 4.80. The molecule has 4 N–H and O–H groups in total. The van der Waals surface area contributed by atoms with Crippen molar-refractivity contribution in [3.8, 4) is 0 Å². The van der Waals surface area contributed by atoms with E-state index in [-0.39, 0.29) is 6.73 Å². The SMILES string of the molecule is NCO.OCl. The van der Waals surface area contributed by atoms with E-state index in [4.69, 9.17) is 9.77 Å². The van der Waals surface area contributed by atoms with Crippen molar-refractivity contribution in [3.63, 3.8) is 0 Å². The fourth-order valence-electron chi connectivity index (χ4n) is 0. The Hall–Kier alpha value is 0.170. The maximum absolute atomic E-state index is 7.35. The van der Waals surface area contributed by atoms with Crippen molar-refractivity contribution in [1.29, 1.82) is 0 Å². The number of hydrogen-bond donors (Lipinski definition) is 3. The summed E-state index contributed by atoms with van der Waals surface area (Å²) in [5.41, 5.74) is 4.40. The lowest BCUT2D eigenvalue weighted by Crippen LogP contribution is -1.92. The highest BCUT2D eigenvalue weighted by Gasteiger charge is 1.30. The smallest absolute Gasteiger partial charge is 0.0906 e. The molecule has 3 nitrogen and oxygen atoms in total. The predicted molar refractivity (Wildman–Crippen MR) is 19.3 cm³/mol. The van der Waals surface area contributed by atoms with Gasteiger partial charge >= 0.3 is 0 Å². The molecular weight excluding hydrogens is 93.5 g/mol. The van der Waals surface area contributed by atoms with Gasteiger partial charge in [0.2, 0.25) is 0 Å². The van der Waals surface area contributed by atoms with E-state index < -0.39 is 0 Å². The van der Waals surface area contributed by atoms with Gasteiger partial charge in [-0.2, -0.15) is 0 Å². The Bertz CT molecular complexity index is 9.61. The fourth-order valence-corrected chi connectivity index (χ4v) is 0. The zero-order valence-corrected chi connectivity index (χ0v) is 3.31. The molecule has 0 spiro atoms. The van der Waals surface area contributed by atoms with Crippen LogP contribution >= 0.6 is 11.9 Å². The standard InChI is InChI=1S/CH5NO.ClHO/c2-1-3;1-2/h3H,1-2H2;2H. The van der Waals surface area contributed by atoms with Crippen molar-refractivity contribution in [2.24, 2.45) is 5.73 Å². The molecule has 0 heterocycles. The van der Waals surface area contributed by atoms with E-state index in [1.165, 1.54) is 0 Å². The van der Waals surface area contributed by atoms with Crippen LogP contribution in [0.15, 0.2) is 0 Å². The molecule has 0 aliphatic carbocycles. The van der Waals surface area contributed by atoms with Crippen LogP contribution in [0, 0.1) is 0 Å². The fraction of sp³-hybridized carbons (Fsp3) is 1.00. The van der Waals surface area contributed by atoms with Crippen LogP contribution in [0.3, 0.4) is 0 Å². The number of nitrogens with two attached hydrogens (primary N) is 1. The summed E-state index contributed by atoms with van der Waals surface area (Å²) < 4.78 is 6.47. The van der Waals surface area contributed by atoms with Crippen molar-refractivity contribution < 1.29 is 9.77 Å². The van der Waals surface area contributed by atoms with Crippen molar-refractivity contribution in [3.05, 3.63) is 0 Å². The van der Waals surface area contributed by atoms with Gasteiger partial charge in [0, 0.05) is 0 Å². The van der Waals surface area contributed by atoms with Crippen molar-refractivity contribution in [2.75, 3.05) is 6.73 Å². The molecule has 0 saturated carbocycles. The lowest BCUT2D eigenvalue weighted by atomic mass is 11.4. The highest BCUT2D eigenvalue weighted by Crippen LogP contribution is 1.31. The van der Waals surface area contributed by atoms with Crippen LogP contribution < -0.4 is 5.73 Å². The van der Waals surface area contributed by atoms with Crippen LogP contribution in [0.1, 0.15) is 0 Å². The van der Waals surface area contributed by atoms with E-state index in [0.717, 1.165) is 0 Å². The Morgan fingerprint density at radius 3 is 1.60 bits per heavy atom. The molecule has 0 rings (SSSR count). The minimum absolute atomic E-state index is 0.250. The van der Waals surface area contributed by atoms with E-state index in [2.05, 4.69) is 17.6 Å². The van der Waals surface area contributed by atoms with Gasteiger partial charge in [-0.3, -0.25) is 4.66 Å². The summed E-state index contributed by atoms with van der Waals surface area (Å²) in [6.45, 7) is -0.250. The van der Waals surface area contributed by atoms with Crippen LogP contribution in [0.2, 0.25) is 0 Å². The van der Waals surface area contributed by atoms with Gasteiger partial charge in [0.25, 0.3) is 0 Å². The number of aliphatic hydroxyl groups excluding tert-OH is 1. The average molecular weight is 99.5 g/mol. The Morgan fingerprint density at radius 1 is 1.60 bits per heavy atom. The molecule has 0 aliphatic heterocycles. The minimum Gasteiger partial charge on any atom is -0.382 e. The second kappa shape index (κ2) is 30.6. The highest BCUT2D eigenvalue weighted by atomic mass is 35.5. The summed E-state index contributed by atoms with van der Waals surface area (Å²) >= 11 is 3.64. The maximum atomic E-state index is 7.35. The number of rotatable bonds is 0. The van der Waals surface area contributed by atoms with E-state index >= 15 is 0 Å². The third-order valence-corrected chi connectivity index (χ3v) is 0. The number of aliphatic hydroxyl groups is 1. The summed E-state index contributed by atoms with van der Waals surface area (Å²) in [5, 5.41) is 7.35. The lowest BCUT2D eigenvalue weighted by Gasteiger charge is -1.56. The monoisotopic (exact) mass is 99.0 g/mol. The molecule has 0 radical (unpaired) electrons. The summed E-state index contributed by atoms with van der Waals surface area (Å²) in [7, 11) is 0. The molecule has 0 unspecified atom stereocenters. The number of halogens is 1. The molecule has 0 amide bonds. The molecule has 0 aromatic rings. The molecule has 5 heavy (non-hydrogen) atoms. The molecule has 0 aromatic carbocycles. The third-order valence-electron chi connectivity index (χ3n) is 0. The van der Waals surface area contributed by atoms with Gasteiger partial charge in [-0.1, -0.05) is 0 Å². The van der Waals surface area contributed by atoms with Gasteiger partial charge in [0.05, 0.1) is 18.6 Å². The molecule has 0 bridgehead atoms. The van der Waals surface area contributed by atoms with Gasteiger partial charge in [-0.25, -0.2) is 0 Å². The first-order valence-electron chi connectivity index (χ1n) is 0.894. The third kappa shape index (κ3) is 679. The summed E-state index contributed by atoms with van der Waals surface area (Å²) in [6.07, 6.45) is 0. The lowest BCUT2D eigenvalue weighted by molar-refractivity contribution is 0.307. The molecule has 0 fully saturated rings. The zero-order valence-electron chi connectivity index (χ0n) is 2.56. The van der Waals surface area contributed by atoms with Crippen LogP contribution in [-0.4, -0.2) is 16.5 Å². The molecule has 0 atom stereocenters. The first kappa shape index (κ1) is 8.95. The van der Waals surface area contributed by atoms with Crippen LogP contribution in [-0.2, 0) is 0 Å². The quantitative estimate of drug-likeness (QED) is 0.342. The van der Waals surface area contributed by atoms with E-state index in [9.17, 15) is 0 Å². The zero-order chi connectivity index (χ0) is 4.71. The predicted octanol–water partition coefficient (Wildman–Crippen LogP) is -0.973. The van der Waals surface area contributed by atoms with Gasteiger partial charge in [0.15, 0.2) is 0 Å². The Balaban J connectivity index is 0. The molecule has 0 aromatic heterocycles. The Kier molecular flexibility index (Phi) is 54.8. The highest BCUT2D eigenvalue weighted by molar-refractivity contribution is 6.04. The van der Waals surface area contributed by atoms with Crippen molar-refractivity contribution in [1.82, 2.24) is 0 Å². The minimum atomic E-state index is -0.250. The van der Waals surface area contributed by atoms with Crippen LogP contribution in [0.5, 0.6) is 0 Å². The summed E-state index contributed by atoms with van der Waals surface area (Å²) in [6, 6.07) is 0. The Labute approximate surface area is 35.1 Å². The average Bonchev–Trinajstić information content (AvgIpc) is 1.46. The molecular formula is CH6ClNO2. The Morgan fingerprint density at radius 2 is 1.60 bits per heavy atom. The van der Waals surface area contributed by atoms with Crippen LogP contribution in [0.4, 0.5) is 0 Å². The molecule has 4 heteroatoms. The number of hydrogen-bond acceptors (Lipinski definition) is 3. The summed E-state index contributed by atoms with van der Waals surface area (Å²) in [5.74, 6) is 0. The maximum Gasteiger partial charge on any atom is 0.0906 e. The van der Waals surface area contributed by atoms with Gasteiger partial charge < -0.3 is 10.8 Å². The van der Waals surface area contributed by atoms with Crippen LogP contribution in [0.25, 0.3) is 0 Å². The van der Waals surface area contributed by atoms with Crippen molar-refractivity contribution in [2.45, 2.75) is 0 Å².